The molecule has 1 atom stereocenters. The Labute approximate surface area is 229 Å². The third kappa shape index (κ3) is 7.03. The average molecular weight is 556 g/mol. The number of ether oxygens (including phenoxy) is 3. The van der Waals surface area contributed by atoms with Crippen LogP contribution in [0.5, 0.6) is 11.5 Å². The molecule has 2 N–H and O–H groups in total. The molecule has 0 aliphatic rings. The lowest BCUT2D eigenvalue weighted by Gasteiger charge is -2.19. The van der Waals surface area contributed by atoms with Crippen LogP contribution in [0.25, 0.3) is 0 Å². The topological polar surface area (TPSA) is 203 Å². The van der Waals surface area contributed by atoms with Gasteiger partial charge in [0.25, 0.3) is 0 Å². The molecule has 40 heavy (non-hydrogen) atoms. The third-order valence-electron chi connectivity index (χ3n) is 5.27. The second-order valence-electron chi connectivity index (χ2n) is 7.89. The number of hydrogen-bond donors (Lipinski definition) is 2. The normalized spacial score (nSPS) is 10.7. The molecule has 0 amide bonds. The van der Waals surface area contributed by atoms with Gasteiger partial charge in [-0.2, -0.15) is 15.8 Å². The molecule has 13 heteroatoms. The molecule has 0 aliphatic heterocycles. The van der Waals surface area contributed by atoms with Crippen molar-refractivity contribution in [2.24, 2.45) is 5.18 Å². The molecular weight excluding hydrogens is 539 g/mol. The fraction of sp³-hybridized carbons (Fsp3) is 0.111. The molecule has 1 unspecified atom stereocenters. The largest absolute Gasteiger partial charge is 0.507 e. The fourth-order valence-electron chi connectivity index (χ4n) is 3.20. The van der Waals surface area contributed by atoms with Crippen LogP contribution in [-0.2, 0) is 14.2 Å². The van der Waals surface area contributed by atoms with Gasteiger partial charge >= 0.3 is 11.9 Å². The molecule has 198 valence electrons. The molecule has 3 rings (SSSR count). The minimum atomic E-state index is -1.21. The van der Waals surface area contributed by atoms with E-state index in [-0.39, 0.29) is 57.1 Å². The van der Waals surface area contributed by atoms with Crippen molar-refractivity contribution < 1.29 is 34.0 Å². The van der Waals surface area contributed by atoms with E-state index in [2.05, 4.69) is 14.0 Å². The van der Waals surface area contributed by atoms with Crippen molar-refractivity contribution in [3.05, 3.63) is 92.9 Å². The number of nitriles is 3. The van der Waals surface area contributed by atoms with Crippen LogP contribution in [0.2, 0.25) is 0 Å². The molecule has 3 aromatic carbocycles. The Balaban J connectivity index is 1.78. The number of carbonyl (C=O) groups is 2. The Morgan fingerprint density at radius 1 is 0.775 bits per heavy atom. The molecule has 0 fully saturated rings. The number of hydrogen-bond acceptors (Lipinski definition) is 12. The van der Waals surface area contributed by atoms with E-state index in [1.807, 2.05) is 6.07 Å². The van der Waals surface area contributed by atoms with Crippen LogP contribution in [0.3, 0.4) is 0 Å². The minimum absolute atomic E-state index is 0.0121. The first-order valence-corrected chi connectivity index (χ1v) is 11.6. The van der Waals surface area contributed by atoms with Gasteiger partial charge in [0.2, 0.25) is 0 Å². The third-order valence-corrected chi connectivity index (χ3v) is 5.70. The molecule has 0 aromatic heterocycles. The second-order valence-corrected chi connectivity index (χ2v) is 8.34. The molecule has 12 nitrogen and oxygen atoms in total. The van der Waals surface area contributed by atoms with Gasteiger partial charge in [-0.05, 0) is 59.8 Å². The van der Waals surface area contributed by atoms with E-state index < -0.39 is 24.6 Å². The van der Waals surface area contributed by atoms with Crippen molar-refractivity contribution in [3.63, 3.8) is 0 Å². The number of benzene rings is 3. The molecule has 0 radical (unpaired) electrons. The first-order chi connectivity index (χ1) is 19.2. The summed E-state index contributed by atoms with van der Waals surface area (Å²) in [6, 6.07) is 16.4. The van der Waals surface area contributed by atoms with Crippen LogP contribution in [0.1, 0.15) is 43.0 Å². The summed E-state index contributed by atoms with van der Waals surface area (Å²) in [5.41, 5.74) is -0.115. The lowest BCUT2D eigenvalue weighted by molar-refractivity contribution is -0.0146. The number of rotatable bonds is 10. The Morgan fingerprint density at radius 3 is 1.88 bits per heavy atom. The summed E-state index contributed by atoms with van der Waals surface area (Å²) < 4.78 is 16.3. The van der Waals surface area contributed by atoms with E-state index >= 15 is 0 Å². The molecular formula is C27H17N4O8P. The number of esters is 2. The summed E-state index contributed by atoms with van der Waals surface area (Å²) in [6.45, 7) is -0.872. The van der Waals surface area contributed by atoms with Crippen LogP contribution < -0.4 is 0 Å². The SMILES string of the molecule is N#Cc1cc(C(=O)OC(COC(=O)c2ccc(N=O)c(C#N)c2)COC(=P)c2ccc(O)c(C#N)c2)ccc1O. The fourth-order valence-corrected chi connectivity index (χ4v) is 3.44. The van der Waals surface area contributed by atoms with Crippen molar-refractivity contribution in [3.8, 4) is 29.7 Å². The highest BCUT2D eigenvalue weighted by Crippen LogP contribution is 2.22. The van der Waals surface area contributed by atoms with Crippen LogP contribution in [0.4, 0.5) is 5.69 Å². The maximum atomic E-state index is 12.8. The standard InChI is InChI=1S/C27H17N4O8P/c28-10-18-7-15(1-4-22(18)31-36)25(34)37-13-21(39-26(35)16-2-5-23(32)19(8-16)11-29)14-38-27(40)17-3-6-24(33)20(9-17)12-30/h1-9,21,32-33,40H,13-14H2. The van der Waals surface area contributed by atoms with E-state index in [9.17, 15) is 24.7 Å². The van der Waals surface area contributed by atoms with Crippen LogP contribution in [-0.4, -0.2) is 46.9 Å². The van der Waals surface area contributed by atoms with Gasteiger partial charge in [0, 0.05) is 5.56 Å². The van der Waals surface area contributed by atoms with E-state index in [0.29, 0.717) is 5.56 Å². The van der Waals surface area contributed by atoms with Crippen molar-refractivity contribution in [2.45, 2.75) is 6.10 Å². The van der Waals surface area contributed by atoms with Crippen LogP contribution >= 0.6 is 8.86 Å². The quantitative estimate of drug-likeness (QED) is 0.209. The smallest absolute Gasteiger partial charge is 0.338 e. The Kier molecular flexibility index (Phi) is 9.61. The number of nitrogens with zero attached hydrogens (tertiary/aromatic N) is 4. The minimum Gasteiger partial charge on any atom is -0.507 e. The Bertz CT molecular complexity index is 1630. The molecule has 0 heterocycles. The first-order valence-electron chi connectivity index (χ1n) is 11.1. The number of nitroso groups, excluding NO2 is 1. The number of phenols is 2. The summed E-state index contributed by atoms with van der Waals surface area (Å²) in [5, 5.41) is 49.5. The van der Waals surface area contributed by atoms with Gasteiger partial charge in [-0.1, -0.05) is 8.86 Å². The van der Waals surface area contributed by atoms with Gasteiger partial charge in [-0.3, -0.25) is 0 Å². The monoisotopic (exact) mass is 556 g/mol. The lowest BCUT2D eigenvalue weighted by atomic mass is 10.1. The number of aromatic hydroxyl groups is 2. The van der Waals surface area contributed by atoms with Crippen molar-refractivity contribution in [1.29, 1.82) is 15.8 Å². The predicted molar refractivity (Wildman–Crippen MR) is 140 cm³/mol. The van der Waals surface area contributed by atoms with E-state index in [4.69, 9.17) is 30.0 Å². The first kappa shape index (κ1) is 29.0. The Morgan fingerprint density at radius 2 is 1.27 bits per heavy atom. The highest BCUT2D eigenvalue weighted by molar-refractivity contribution is 7.21. The van der Waals surface area contributed by atoms with Gasteiger partial charge in [-0.15, -0.1) is 4.91 Å². The molecule has 0 saturated carbocycles. The van der Waals surface area contributed by atoms with Gasteiger partial charge in [0.05, 0.1) is 34.4 Å². The molecule has 0 bridgehead atoms. The van der Waals surface area contributed by atoms with Crippen molar-refractivity contribution >= 4 is 32.0 Å². The van der Waals surface area contributed by atoms with E-state index in [1.165, 1.54) is 36.4 Å². The zero-order valence-corrected chi connectivity index (χ0v) is 21.3. The molecule has 0 spiro atoms. The Hall–Kier alpha value is -5.60. The van der Waals surface area contributed by atoms with Crippen LogP contribution in [0, 0.1) is 38.9 Å². The molecule has 0 aliphatic carbocycles. The summed E-state index contributed by atoms with van der Waals surface area (Å²) in [4.78, 5) is 36.2. The zero-order valence-electron chi connectivity index (χ0n) is 20.3. The maximum Gasteiger partial charge on any atom is 0.338 e. The van der Waals surface area contributed by atoms with Crippen molar-refractivity contribution in [2.75, 3.05) is 13.2 Å². The predicted octanol–water partition coefficient (Wildman–Crippen LogP) is 3.83. The van der Waals surface area contributed by atoms with Gasteiger partial charge in [0.1, 0.15) is 47.5 Å². The zero-order chi connectivity index (χ0) is 29.2. The van der Waals surface area contributed by atoms with Gasteiger partial charge < -0.3 is 24.4 Å². The summed E-state index contributed by atoms with van der Waals surface area (Å²) >= 11 is 0. The summed E-state index contributed by atoms with van der Waals surface area (Å²) in [6.07, 6.45) is -1.21. The van der Waals surface area contributed by atoms with Crippen molar-refractivity contribution in [1.82, 2.24) is 0 Å². The lowest BCUT2D eigenvalue weighted by Crippen LogP contribution is -2.31. The molecule has 3 aromatic rings. The highest BCUT2D eigenvalue weighted by Gasteiger charge is 2.22. The summed E-state index contributed by atoms with van der Waals surface area (Å²) in [5.74, 6) is -2.37. The molecule has 0 saturated heterocycles. The van der Waals surface area contributed by atoms with Gasteiger partial charge in [0.15, 0.2) is 6.10 Å². The second kappa shape index (κ2) is 13.3. The van der Waals surface area contributed by atoms with E-state index in [0.717, 1.165) is 18.2 Å². The number of phenolic OH excluding ortho intramolecular Hbond substituents is 2. The van der Waals surface area contributed by atoms with Crippen LogP contribution in [0.15, 0.2) is 59.8 Å². The summed E-state index contributed by atoms with van der Waals surface area (Å²) in [7, 11) is 3.27. The average Bonchev–Trinajstić information content (AvgIpc) is 2.97. The maximum absolute atomic E-state index is 12.8. The highest BCUT2D eigenvalue weighted by atomic mass is 31.0. The van der Waals surface area contributed by atoms with E-state index in [1.54, 1.807) is 12.1 Å². The van der Waals surface area contributed by atoms with Gasteiger partial charge in [-0.25, -0.2) is 9.59 Å². The number of carbonyl (C=O) groups excluding carboxylic acids is 2.